The van der Waals surface area contributed by atoms with Gasteiger partial charge in [0, 0.05) is 27.1 Å². The van der Waals surface area contributed by atoms with Crippen molar-refractivity contribution in [1.29, 1.82) is 5.26 Å². The second-order valence-electron chi connectivity index (χ2n) is 20.8. The van der Waals surface area contributed by atoms with Crippen molar-refractivity contribution in [2.24, 2.45) is 0 Å². The van der Waals surface area contributed by atoms with Gasteiger partial charge in [0.25, 0.3) is 0 Å². The zero-order valence-electron chi connectivity index (χ0n) is 44.0. The van der Waals surface area contributed by atoms with E-state index >= 15 is 0 Å². The summed E-state index contributed by atoms with van der Waals surface area (Å²) in [6.45, 7) is 8.89. The lowest BCUT2D eigenvalue weighted by Gasteiger charge is -2.20. The number of nitrogens with zero attached hydrogens (tertiary/aromatic N) is 4. The Labute approximate surface area is 459 Å². The molecule has 0 unspecified atom stereocenters. The number of rotatable bonds is 7. The number of aryl methyl sites for hydroxylation is 5. The van der Waals surface area contributed by atoms with Crippen molar-refractivity contribution in [3.63, 3.8) is 0 Å². The van der Waals surface area contributed by atoms with Gasteiger partial charge in [-0.2, -0.15) is 44.8 Å². The van der Waals surface area contributed by atoms with Gasteiger partial charge in [-0.05, 0) is 168 Å². The molecule has 0 radical (unpaired) electrons. The van der Waals surface area contributed by atoms with Gasteiger partial charge in [0.15, 0.2) is 0 Å². The van der Waals surface area contributed by atoms with Crippen molar-refractivity contribution < 1.29 is 39.5 Å². The van der Waals surface area contributed by atoms with Crippen LogP contribution in [-0.2, 0) is 18.5 Å². The molecule has 12 rings (SSSR count). The van der Waals surface area contributed by atoms with Crippen molar-refractivity contribution in [2.45, 2.75) is 53.1 Å². The molecule has 81 heavy (non-hydrogen) atoms. The van der Waals surface area contributed by atoms with Gasteiger partial charge in [-0.1, -0.05) is 114 Å². The Morgan fingerprint density at radius 3 is 1.10 bits per heavy atom. The third-order valence-corrected chi connectivity index (χ3v) is 15.4. The van der Waals surface area contributed by atoms with Gasteiger partial charge in [-0.15, -0.1) is 0 Å². The van der Waals surface area contributed by atoms with E-state index in [1.807, 2.05) is 95.8 Å². The first kappa shape index (κ1) is 52.3. The Bertz CT molecular complexity index is 4480. The normalized spacial score (nSPS) is 12.3. The quantitative estimate of drug-likeness (QED) is 0.149. The van der Waals surface area contributed by atoms with Crippen LogP contribution in [0.3, 0.4) is 0 Å². The summed E-state index contributed by atoms with van der Waals surface area (Å²) < 4.78 is 133. The first-order chi connectivity index (χ1) is 38.5. The van der Waals surface area contributed by atoms with Gasteiger partial charge in [0.2, 0.25) is 0 Å². The van der Waals surface area contributed by atoms with Gasteiger partial charge in [-0.3, -0.25) is 4.98 Å². The lowest BCUT2D eigenvalue weighted by Crippen LogP contribution is -2.08. The molecule has 0 spiro atoms. The molecule has 0 fully saturated rings. The Hall–Kier alpha value is -9.41. The molecule has 0 aliphatic rings. The van der Waals surface area contributed by atoms with Gasteiger partial charge in [0.1, 0.15) is 0 Å². The average molecular weight is 1090 g/mol. The maximum Gasteiger partial charge on any atom is 0.417 e. The molecular weight excluding hydrogens is 1040 g/mol. The minimum absolute atomic E-state index is 0.00887. The molecule has 0 bridgehead atoms. The summed E-state index contributed by atoms with van der Waals surface area (Å²) >= 11 is 0. The van der Waals surface area contributed by atoms with E-state index in [-0.39, 0.29) is 5.56 Å². The fraction of sp³-hybridized carbons (Fsp3) is 0.118. The lowest BCUT2D eigenvalue weighted by atomic mass is 9.96. The zero-order chi connectivity index (χ0) is 57.0. The van der Waals surface area contributed by atoms with Crippen molar-refractivity contribution in [2.75, 3.05) is 0 Å². The van der Waals surface area contributed by atoms with E-state index in [0.717, 1.165) is 74.1 Å². The number of fused-ring (bicyclic) bond motifs is 6. The van der Waals surface area contributed by atoms with Gasteiger partial charge < -0.3 is 9.13 Å². The van der Waals surface area contributed by atoms with Gasteiger partial charge in [0.05, 0.1) is 74.2 Å². The van der Waals surface area contributed by atoms with Gasteiger partial charge in [-0.25, -0.2) is 0 Å². The number of pyridine rings is 1. The summed E-state index contributed by atoms with van der Waals surface area (Å²) in [6, 6.07) is 49.5. The fourth-order valence-electron chi connectivity index (χ4n) is 11.6. The summed E-state index contributed by atoms with van der Waals surface area (Å²) in [4.78, 5) is 4.98. The number of halogens is 9. The molecule has 12 aromatic rings. The summed E-state index contributed by atoms with van der Waals surface area (Å²) in [5.41, 5.74) is 10.5. The van der Waals surface area contributed by atoms with Crippen molar-refractivity contribution >= 4 is 43.6 Å². The van der Waals surface area contributed by atoms with E-state index in [4.69, 9.17) is 4.98 Å². The predicted octanol–water partition coefficient (Wildman–Crippen LogP) is 20.1. The molecule has 0 aliphatic heterocycles. The highest BCUT2D eigenvalue weighted by Gasteiger charge is 2.35. The molecule has 0 N–H and O–H groups in total. The summed E-state index contributed by atoms with van der Waals surface area (Å²) in [7, 11) is 0. The molecule has 13 heteroatoms. The van der Waals surface area contributed by atoms with Crippen LogP contribution in [0.4, 0.5) is 39.5 Å². The molecular formula is C68H45F9N4. The largest absolute Gasteiger partial charge is 0.417 e. The van der Waals surface area contributed by atoms with E-state index in [1.54, 1.807) is 63.5 Å². The van der Waals surface area contributed by atoms with E-state index in [1.165, 1.54) is 18.2 Å². The molecule has 0 amide bonds. The topological polar surface area (TPSA) is 46.5 Å². The minimum atomic E-state index is -4.68. The van der Waals surface area contributed by atoms with Crippen LogP contribution in [0.2, 0.25) is 0 Å². The molecule has 0 aliphatic carbocycles. The monoisotopic (exact) mass is 1090 g/mol. The van der Waals surface area contributed by atoms with E-state index in [2.05, 4.69) is 24.3 Å². The number of benzene rings is 9. The van der Waals surface area contributed by atoms with E-state index < -0.39 is 35.2 Å². The molecule has 0 saturated heterocycles. The number of hydrogen-bond acceptors (Lipinski definition) is 2. The van der Waals surface area contributed by atoms with Crippen LogP contribution in [0.15, 0.2) is 182 Å². The third-order valence-electron chi connectivity index (χ3n) is 15.4. The summed E-state index contributed by atoms with van der Waals surface area (Å²) in [5, 5.41) is 13.1. The predicted molar refractivity (Wildman–Crippen MR) is 304 cm³/mol. The van der Waals surface area contributed by atoms with Crippen molar-refractivity contribution in [1.82, 2.24) is 14.1 Å². The second kappa shape index (κ2) is 19.2. The summed E-state index contributed by atoms with van der Waals surface area (Å²) in [6.07, 6.45) is -10.4. The average Bonchev–Trinajstić information content (AvgIpc) is 2.84. The second-order valence-corrected chi connectivity index (χ2v) is 20.8. The van der Waals surface area contributed by atoms with E-state index in [9.17, 15) is 44.8 Å². The van der Waals surface area contributed by atoms with Crippen LogP contribution in [0.1, 0.15) is 50.1 Å². The lowest BCUT2D eigenvalue weighted by molar-refractivity contribution is -0.138. The molecule has 9 aromatic carbocycles. The van der Waals surface area contributed by atoms with Gasteiger partial charge >= 0.3 is 18.5 Å². The van der Waals surface area contributed by atoms with Crippen LogP contribution < -0.4 is 0 Å². The molecule has 400 valence electrons. The van der Waals surface area contributed by atoms with Crippen LogP contribution in [-0.4, -0.2) is 14.1 Å². The molecule has 3 aromatic heterocycles. The van der Waals surface area contributed by atoms with Crippen LogP contribution in [0, 0.1) is 45.9 Å². The van der Waals surface area contributed by atoms with E-state index in [0.29, 0.717) is 94.6 Å². The highest BCUT2D eigenvalue weighted by atomic mass is 19.4. The number of aromatic nitrogens is 3. The molecule has 4 nitrogen and oxygen atoms in total. The van der Waals surface area contributed by atoms with Crippen LogP contribution in [0.25, 0.3) is 111 Å². The zero-order valence-corrected chi connectivity index (χ0v) is 44.0. The fourth-order valence-corrected chi connectivity index (χ4v) is 11.6. The Kier molecular flexibility index (Phi) is 12.4. The smallest absolute Gasteiger partial charge is 0.307 e. The highest BCUT2D eigenvalue weighted by Crippen LogP contribution is 2.47. The van der Waals surface area contributed by atoms with Crippen LogP contribution in [0.5, 0.6) is 0 Å². The maximum absolute atomic E-state index is 15.0. The SMILES string of the molecule is Cc1ccc(-c2ccc3c4ccc(-c5ccc(C)cc5C(F)(F)F)cc4n(-c4cncc(-n5c6cc(-c7ccc(C(F)(F)F)cc7C)ccc6c6ccc(-c7ccc(C(F)(F)F)cc7C)cc65)c4-c4ccc(C#N)cc4)c3c2)c(C)c1. The molecule has 0 saturated carbocycles. The number of nitriles is 1. The molecule has 3 heterocycles. The highest BCUT2D eigenvalue weighted by molar-refractivity contribution is 6.14. The number of alkyl halides is 9. The van der Waals surface area contributed by atoms with Crippen LogP contribution >= 0.6 is 0 Å². The first-order valence-corrected chi connectivity index (χ1v) is 25.8. The molecule has 0 atom stereocenters. The number of hydrogen-bond donors (Lipinski definition) is 0. The summed E-state index contributed by atoms with van der Waals surface area (Å²) in [5.74, 6) is 0. The first-order valence-electron chi connectivity index (χ1n) is 25.8. The Balaban J connectivity index is 1.21. The van der Waals surface area contributed by atoms with Crippen molar-refractivity contribution in [3.8, 4) is 73.1 Å². The Morgan fingerprint density at radius 1 is 0.370 bits per heavy atom. The standard InChI is InChI=1S/C68H45F9N4/c1-37-6-18-50(39(3)26-37)44-12-20-56-57-23-15-47(53-19-7-38(2)27-58(53)68(75,76)77)33-62(57)81(59(56)30-44)64-36-79-35-63(65(64)43-10-8-42(34-78)9-11-43)80-60-31-45(51-24-16-48(28-40(51)4)66(69,70)71)13-21-54(60)55-22-14-46(32-61(55)80)52-25-17-49(29-41(52)5)67(72,73)74/h6-33,35-36H,1-5H3. The third kappa shape index (κ3) is 9.14. The Morgan fingerprint density at radius 2 is 0.728 bits per heavy atom. The minimum Gasteiger partial charge on any atom is -0.307 e. The van der Waals surface area contributed by atoms with Crippen molar-refractivity contribution in [3.05, 3.63) is 232 Å². The maximum atomic E-state index is 15.0.